The number of nitrogens with zero attached hydrogens (tertiary/aromatic N) is 3. The molecule has 3 aromatic heterocycles. The van der Waals surface area contributed by atoms with Crippen molar-refractivity contribution in [3.63, 3.8) is 0 Å². The first-order valence-electron chi connectivity index (χ1n) is 8.50. The smallest absolute Gasteiger partial charge is 0.263 e. The van der Waals surface area contributed by atoms with Gasteiger partial charge in [0, 0.05) is 17.6 Å². The number of aromatic nitrogens is 4. The normalized spacial score (nSPS) is 11.5. The molecule has 6 nitrogen and oxygen atoms in total. The monoisotopic (exact) mass is 335 g/mol. The van der Waals surface area contributed by atoms with Crippen LogP contribution in [0.25, 0.3) is 22.0 Å². The maximum Gasteiger partial charge on any atom is 0.263 e. The molecule has 1 aromatic carbocycles. The maximum atomic E-state index is 5.22. The van der Waals surface area contributed by atoms with E-state index in [0.717, 1.165) is 23.3 Å². The molecule has 0 atom stereocenters. The van der Waals surface area contributed by atoms with Gasteiger partial charge >= 0.3 is 0 Å². The van der Waals surface area contributed by atoms with E-state index in [9.17, 15) is 0 Å². The van der Waals surface area contributed by atoms with Crippen molar-refractivity contribution in [2.24, 2.45) is 0 Å². The van der Waals surface area contributed by atoms with Crippen LogP contribution in [0.2, 0.25) is 0 Å². The van der Waals surface area contributed by atoms with E-state index in [-0.39, 0.29) is 0 Å². The number of aryl methyl sites for hydroxylation is 4. The fourth-order valence-corrected chi connectivity index (χ4v) is 3.44. The molecule has 0 saturated carbocycles. The Labute approximate surface area is 145 Å². The average Bonchev–Trinajstić information content (AvgIpc) is 3.14. The first kappa shape index (κ1) is 15.6. The van der Waals surface area contributed by atoms with Crippen LogP contribution in [0.3, 0.4) is 0 Å². The number of fused-ring (bicyclic) bond motifs is 2. The van der Waals surface area contributed by atoms with Gasteiger partial charge < -0.3 is 14.8 Å². The first-order chi connectivity index (χ1) is 12.1. The van der Waals surface area contributed by atoms with Gasteiger partial charge in [-0.25, -0.2) is 4.98 Å². The van der Waals surface area contributed by atoms with Crippen LogP contribution in [0.1, 0.15) is 35.0 Å². The van der Waals surface area contributed by atoms with Crippen LogP contribution >= 0.6 is 0 Å². The topological polar surface area (TPSA) is 79.6 Å². The summed E-state index contributed by atoms with van der Waals surface area (Å²) in [5.74, 6) is 0.748. The third kappa shape index (κ3) is 2.54. The molecule has 0 saturated heterocycles. The number of benzene rings is 1. The summed E-state index contributed by atoms with van der Waals surface area (Å²) in [6.45, 7) is 9.05. The zero-order chi connectivity index (χ0) is 17.6. The number of anilines is 1. The third-order valence-corrected chi connectivity index (χ3v) is 4.74. The predicted molar refractivity (Wildman–Crippen MR) is 98.8 cm³/mol. The molecule has 0 aliphatic rings. The Hall–Kier alpha value is -2.89. The maximum absolute atomic E-state index is 5.22. The molecule has 0 spiro atoms. The Bertz CT molecular complexity index is 1080. The molecule has 4 aromatic rings. The van der Waals surface area contributed by atoms with Crippen molar-refractivity contribution in [3.05, 3.63) is 46.5 Å². The molecule has 2 N–H and O–H groups in total. The second-order valence-corrected chi connectivity index (χ2v) is 6.45. The fourth-order valence-electron chi connectivity index (χ4n) is 3.44. The van der Waals surface area contributed by atoms with E-state index in [4.69, 9.17) is 4.52 Å². The highest BCUT2D eigenvalue weighted by Gasteiger charge is 2.14. The molecular weight excluding hydrogens is 314 g/mol. The molecular formula is C19H21N5O. The summed E-state index contributed by atoms with van der Waals surface area (Å²) < 4.78 is 5.22. The first-order valence-corrected chi connectivity index (χ1v) is 8.50. The van der Waals surface area contributed by atoms with E-state index in [1.54, 1.807) is 0 Å². The highest BCUT2D eigenvalue weighted by molar-refractivity contribution is 5.89. The minimum absolute atomic E-state index is 0.508. The Morgan fingerprint density at radius 3 is 2.80 bits per heavy atom. The van der Waals surface area contributed by atoms with Crippen molar-refractivity contribution in [2.45, 2.75) is 40.7 Å². The third-order valence-electron chi connectivity index (χ3n) is 4.74. The molecule has 0 bridgehead atoms. The number of hydrogen-bond donors (Lipinski definition) is 2. The number of aromatic amines is 1. The lowest BCUT2D eigenvalue weighted by atomic mass is 10.0. The Kier molecular flexibility index (Phi) is 3.67. The number of H-pyrrole nitrogens is 1. The molecule has 0 radical (unpaired) electrons. The lowest BCUT2D eigenvalue weighted by molar-refractivity contribution is 0.442. The predicted octanol–water partition coefficient (Wildman–Crippen LogP) is 4.20. The summed E-state index contributed by atoms with van der Waals surface area (Å²) >= 11 is 0. The van der Waals surface area contributed by atoms with E-state index >= 15 is 0 Å². The molecule has 0 amide bonds. The molecule has 6 heteroatoms. The Morgan fingerprint density at radius 2 is 2.00 bits per heavy atom. The molecule has 0 fully saturated rings. The molecule has 0 aliphatic heterocycles. The van der Waals surface area contributed by atoms with E-state index < -0.39 is 0 Å². The Balaban J connectivity index is 1.74. The lowest BCUT2D eigenvalue weighted by Crippen LogP contribution is -2.03. The highest BCUT2D eigenvalue weighted by atomic mass is 16.5. The van der Waals surface area contributed by atoms with E-state index in [1.165, 1.54) is 39.6 Å². The van der Waals surface area contributed by atoms with Crippen molar-refractivity contribution >= 4 is 27.8 Å². The van der Waals surface area contributed by atoms with Gasteiger partial charge in [-0.15, -0.1) is 0 Å². The molecule has 0 aliphatic carbocycles. The summed E-state index contributed by atoms with van der Waals surface area (Å²) in [4.78, 5) is 12.1. The van der Waals surface area contributed by atoms with E-state index in [0.29, 0.717) is 12.3 Å². The summed E-state index contributed by atoms with van der Waals surface area (Å²) in [6.07, 6.45) is 2.49. The summed E-state index contributed by atoms with van der Waals surface area (Å²) in [5.41, 5.74) is 7.59. The number of hydrogen-bond acceptors (Lipinski definition) is 5. The largest absolute Gasteiger partial charge is 0.365 e. The van der Waals surface area contributed by atoms with Crippen molar-refractivity contribution in [1.29, 1.82) is 0 Å². The van der Waals surface area contributed by atoms with Gasteiger partial charge in [0.2, 0.25) is 0 Å². The van der Waals surface area contributed by atoms with Crippen LogP contribution in [-0.4, -0.2) is 20.1 Å². The molecule has 3 heterocycles. The van der Waals surface area contributed by atoms with Gasteiger partial charge in [-0.05, 0) is 44.4 Å². The van der Waals surface area contributed by atoms with Crippen molar-refractivity contribution < 1.29 is 4.52 Å². The summed E-state index contributed by atoms with van der Waals surface area (Å²) in [7, 11) is 0. The molecule has 128 valence electrons. The van der Waals surface area contributed by atoms with Crippen molar-refractivity contribution in [1.82, 2.24) is 20.1 Å². The van der Waals surface area contributed by atoms with Crippen LogP contribution in [0.15, 0.2) is 23.0 Å². The van der Waals surface area contributed by atoms with E-state index in [1.807, 2.05) is 6.92 Å². The van der Waals surface area contributed by atoms with Crippen LogP contribution in [-0.2, 0) is 13.0 Å². The van der Waals surface area contributed by atoms with Crippen LogP contribution < -0.4 is 5.32 Å². The van der Waals surface area contributed by atoms with Gasteiger partial charge in [-0.2, -0.15) is 4.98 Å². The van der Waals surface area contributed by atoms with Crippen molar-refractivity contribution in [3.8, 4) is 0 Å². The lowest BCUT2D eigenvalue weighted by Gasteiger charge is -2.09. The summed E-state index contributed by atoms with van der Waals surface area (Å²) in [6, 6.07) is 4.46. The minimum atomic E-state index is 0.508. The second-order valence-electron chi connectivity index (χ2n) is 6.45. The van der Waals surface area contributed by atoms with Gasteiger partial charge in [-0.3, -0.25) is 0 Å². The van der Waals surface area contributed by atoms with Crippen LogP contribution in [0.5, 0.6) is 0 Å². The van der Waals surface area contributed by atoms with E-state index in [2.05, 4.69) is 58.3 Å². The standard InChI is InChI=1S/C19H21N5O/c1-5-15-11(3)14-7-10(2)6-13(17(14)23-15)8-20-18-16-12(4)24-25-19(16)22-9-21-18/h6-7,9,23H,5,8H2,1-4H3,(H,20,21,22). The van der Waals surface area contributed by atoms with Crippen LogP contribution in [0.4, 0.5) is 5.82 Å². The van der Waals surface area contributed by atoms with Crippen molar-refractivity contribution in [2.75, 3.05) is 5.32 Å². The minimum Gasteiger partial charge on any atom is -0.365 e. The zero-order valence-electron chi connectivity index (χ0n) is 14.9. The number of nitrogens with one attached hydrogen (secondary N) is 2. The van der Waals surface area contributed by atoms with Crippen LogP contribution in [0, 0.1) is 20.8 Å². The van der Waals surface area contributed by atoms with Gasteiger partial charge in [0.1, 0.15) is 17.5 Å². The number of rotatable bonds is 4. The van der Waals surface area contributed by atoms with Gasteiger partial charge in [0.05, 0.1) is 11.2 Å². The molecule has 25 heavy (non-hydrogen) atoms. The van der Waals surface area contributed by atoms with Gasteiger partial charge in [-0.1, -0.05) is 23.7 Å². The molecule has 0 unspecified atom stereocenters. The molecule has 4 rings (SSSR count). The average molecular weight is 335 g/mol. The second kappa shape index (κ2) is 5.88. The van der Waals surface area contributed by atoms with Gasteiger partial charge in [0.15, 0.2) is 0 Å². The Morgan fingerprint density at radius 1 is 1.16 bits per heavy atom. The zero-order valence-corrected chi connectivity index (χ0v) is 14.9. The quantitative estimate of drug-likeness (QED) is 0.584. The fraction of sp³-hybridized carbons (Fsp3) is 0.316. The van der Waals surface area contributed by atoms with Gasteiger partial charge in [0.25, 0.3) is 5.71 Å². The highest BCUT2D eigenvalue weighted by Crippen LogP contribution is 2.28. The SMILES string of the molecule is CCc1[nH]c2c(CNc3ncnc4onc(C)c34)cc(C)cc2c1C. The summed E-state index contributed by atoms with van der Waals surface area (Å²) in [5, 5.41) is 9.53.